The van der Waals surface area contributed by atoms with Crippen molar-refractivity contribution in [3.05, 3.63) is 23.4 Å². The number of aryl methyl sites for hydroxylation is 1. The normalized spacial score (nSPS) is 10.8. The Morgan fingerprint density at radius 2 is 1.79 bits per heavy atom. The maximum atomic E-state index is 11.5. The van der Waals surface area contributed by atoms with Crippen molar-refractivity contribution >= 4 is 16.7 Å². The van der Waals surface area contributed by atoms with E-state index in [0.717, 1.165) is 33.7 Å². The summed E-state index contributed by atoms with van der Waals surface area (Å²) in [5.74, 6) is 1.70. The highest BCUT2D eigenvalue weighted by Crippen LogP contribution is 2.38. The van der Waals surface area contributed by atoms with Gasteiger partial charge in [-0.3, -0.25) is 4.79 Å². The minimum Gasteiger partial charge on any atom is -0.496 e. The highest BCUT2D eigenvalue weighted by molar-refractivity contribution is 5.98. The number of carbonyl (C=O) groups excluding carboxylic acids is 1. The van der Waals surface area contributed by atoms with Crippen molar-refractivity contribution in [3.63, 3.8) is 0 Å². The average molecular weight is 261 g/mol. The standard InChI is InChI=1S/C15H19NO3/c1-9(17)8-11-10(2)16(3)15-13(19-5)7-6-12(18-4)14(11)15/h6-7H,8H2,1-5H3. The van der Waals surface area contributed by atoms with Gasteiger partial charge in [-0.1, -0.05) is 0 Å². The Balaban J connectivity index is 2.88. The van der Waals surface area contributed by atoms with Crippen LogP contribution in [0.5, 0.6) is 11.5 Å². The molecule has 0 fully saturated rings. The minimum absolute atomic E-state index is 0.139. The SMILES string of the molecule is COc1ccc(OC)c2c1c(CC(C)=O)c(C)n2C. The van der Waals surface area contributed by atoms with Crippen LogP contribution in [0, 0.1) is 6.92 Å². The maximum Gasteiger partial charge on any atom is 0.143 e. The fraction of sp³-hybridized carbons (Fsp3) is 0.400. The van der Waals surface area contributed by atoms with Gasteiger partial charge in [0.15, 0.2) is 0 Å². The van der Waals surface area contributed by atoms with Gasteiger partial charge in [-0.25, -0.2) is 0 Å². The van der Waals surface area contributed by atoms with E-state index < -0.39 is 0 Å². The van der Waals surface area contributed by atoms with Crippen LogP contribution in [0.25, 0.3) is 10.9 Å². The van der Waals surface area contributed by atoms with Gasteiger partial charge in [-0.05, 0) is 31.5 Å². The van der Waals surface area contributed by atoms with Crippen LogP contribution in [0.15, 0.2) is 12.1 Å². The molecule has 0 radical (unpaired) electrons. The highest BCUT2D eigenvalue weighted by atomic mass is 16.5. The van der Waals surface area contributed by atoms with Gasteiger partial charge in [0.25, 0.3) is 0 Å². The number of fused-ring (bicyclic) bond motifs is 1. The largest absolute Gasteiger partial charge is 0.496 e. The lowest BCUT2D eigenvalue weighted by molar-refractivity contribution is -0.116. The van der Waals surface area contributed by atoms with Crippen molar-refractivity contribution in [3.8, 4) is 11.5 Å². The van der Waals surface area contributed by atoms with Gasteiger partial charge in [-0.2, -0.15) is 0 Å². The molecule has 4 nitrogen and oxygen atoms in total. The third kappa shape index (κ3) is 2.07. The number of ketones is 1. The molecule has 0 saturated heterocycles. The number of hydrogen-bond acceptors (Lipinski definition) is 3. The summed E-state index contributed by atoms with van der Waals surface area (Å²) in [6.07, 6.45) is 0.409. The summed E-state index contributed by atoms with van der Waals surface area (Å²) in [7, 11) is 5.26. The van der Waals surface area contributed by atoms with Gasteiger partial charge >= 0.3 is 0 Å². The molecule has 0 N–H and O–H groups in total. The molecule has 102 valence electrons. The summed E-state index contributed by atoms with van der Waals surface area (Å²) in [6.45, 7) is 3.61. The second-order valence-electron chi connectivity index (χ2n) is 4.70. The molecule has 2 aromatic rings. The first-order chi connectivity index (χ1) is 9.01. The predicted octanol–water partition coefficient (Wildman–Crippen LogP) is 2.64. The molecule has 0 amide bonds. The zero-order valence-electron chi connectivity index (χ0n) is 12.0. The van der Waals surface area contributed by atoms with Gasteiger partial charge in [0.05, 0.1) is 19.7 Å². The zero-order valence-corrected chi connectivity index (χ0v) is 12.0. The van der Waals surface area contributed by atoms with E-state index in [0.29, 0.717) is 6.42 Å². The molecular formula is C15H19NO3. The van der Waals surface area contributed by atoms with E-state index in [4.69, 9.17) is 9.47 Å². The van der Waals surface area contributed by atoms with Gasteiger partial charge in [0.2, 0.25) is 0 Å². The lowest BCUT2D eigenvalue weighted by Crippen LogP contribution is -1.99. The first-order valence-corrected chi connectivity index (χ1v) is 6.19. The van der Waals surface area contributed by atoms with Gasteiger partial charge in [-0.15, -0.1) is 0 Å². The van der Waals surface area contributed by atoms with Crippen LogP contribution in [-0.4, -0.2) is 24.6 Å². The van der Waals surface area contributed by atoms with E-state index in [9.17, 15) is 4.79 Å². The number of methoxy groups -OCH3 is 2. The van der Waals surface area contributed by atoms with Crippen LogP contribution in [-0.2, 0) is 18.3 Å². The van der Waals surface area contributed by atoms with E-state index >= 15 is 0 Å². The molecule has 0 saturated carbocycles. The number of nitrogens with zero attached hydrogens (tertiary/aromatic N) is 1. The lowest BCUT2D eigenvalue weighted by Gasteiger charge is -2.08. The van der Waals surface area contributed by atoms with Crippen LogP contribution in [0.1, 0.15) is 18.2 Å². The predicted molar refractivity (Wildman–Crippen MR) is 75.1 cm³/mol. The Labute approximate surface area is 112 Å². The quantitative estimate of drug-likeness (QED) is 0.849. The molecular weight excluding hydrogens is 242 g/mol. The summed E-state index contributed by atoms with van der Waals surface area (Å²) in [5, 5.41) is 0.969. The molecule has 0 atom stereocenters. The van der Waals surface area contributed by atoms with Gasteiger partial charge in [0, 0.05) is 24.5 Å². The number of rotatable bonds is 4. The number of ether oxygens (including phenoxy) is 2. The lowest BCUT2D eigenvalue weighted by atomic mass is 10.0. The van der Waals surface area contributed by atoms with E-state index in [1.807, 2.05) is 26.1 Å². The van der Waals surface area contributed by atoms with Gasteiger partial charge < -0.3 is 14.0 Å². The van der Waals surface area contributed by atoms with Crippen molar-refractivity contribution in [1.29, 1.82) is 0 Å². The summed E-state index contributed by atoms with van der Waals surface area (Å²) >= 11 is 0. The molecule has 1 aromatic carbocycles. The van der Waals surface area contributed by atoms with Crippen molar-refractivity contribution in [2.45, 2.75) is 20.3 Å². The van der Waals surface area contributed by atoms with E-state index in [1.165, 1.54) is 0 Å². The Hall–Kier alpha value is -1.97. The van der Waals surface area contributed by atoms with Crippen molar-refractivity contribution < 1.29 is 14.3 Å². The van der Waals surface area contributed by atoms with Crippen LogP contribution in [0.3, 0.4) is 0 Å². The second kappa shape index (κ2) is 4.96. The van der Waals surface area contributed by atoms with E-state index in [1.54, 1.807) is 21.1 Å². The Kier molecular flexibility index (Phi) is 3.51. The molecule has 0 unspecified atom stereocenters. The Bertz CT molecular complexity index is 641. The summed E-state index contributed by atoms with van der Waals surface area (Å²) in [4.78, 5) is 11.5. The molecule has 4 heteroatoms. The number of carbonyl (C=O) groups is 1. The summed E-state index contributed by atoms with van der Waals surface area (Å²) < 4.78 is 12.9. The fourth-order valence-corrected chi connectivity index (χ4v) is 2.53. The van der Waals surface area contributed by atoms with Crippen molar-refractivity contribution in [2.24, 2.45) is 7.05 Å². The molecule has 1 heterocycles. The van der Waals surface area contributed by atoms with Crippen LogP contribution in [0.2, 0.25) is 0 Å². The molecule has 0 aliphatic carbocycles. The highest BCUT2D eigenvalue weighted by Gasteiger charge is 2.20. The molecule has 0 aliphatic rings. The van der Waals surface area contributed by atoms with E-state index in [-0.39, 0.29) is 5.78 Å². The number of hydrogen-bond donors (Lipinski definition) is 0. The maximum absolute atomic E-state index is 11.5. The van der Waals surface area contributed by atoms with E-state index in [2.05, 4.69) is 4.57 Å². The molecule has 2 rings (SSSR count). The molecule has 0 aliphatic heterocycles. The number of aromatic nitrogens is 1. The smallest absolute Gasteiger partial charge is 0.143 e. The zero-order chi connectivity index (χ0) is 14.2. The van der Waals surface area contributed by atoms with Crippen molar-refractivity contribution in [1.82, 2.24) is 4.57 Å². The van der Waals surface area contributed by atoms with Gasteiger partial charge in [0.1, 0.15) is 17.3 Å². The average Bonchev–Trinajstić information content (AvgIpc) is 2.63. The second-order valence-corrected chi connectivity index (χ2v) is 4.70. The molecule has 0 spiro atoms. The molecule has 19 heavy (non-hydrogen) atoms. The summed E-state index contributed by atoms with van der Waals surface area (Å²) in [5.41, 5.74) is 3.05. The van der Waals surface area contributed by atoms with Crippen molar-refractivity contribution in [2.75, 3.05) is 14.2 Å². The van der Waals surface area contributed by atoms with Crippen LogP contribution in [0.4, 0.5) is 0 Å². The fourth-order valence-electron chi connectivity index (χ4n) is 2.53. The third-order valence-corrected chi connectivity index (χ3v) is 3.55. The molecule has 1 aromatic heterocycles. The Morgan fingerprint density at radius 1 is 1.21 bits per heavy atom. The minimum atomic E-state index is 0.139. The summed E-state index contributed by atoms with van der Waals surface area (Å²) in [6, 6.07) is 3.77. The number of Topliss-reactive ketones (excluding diaryl/α,β-unsaturated/α-hetero) is 1. The topological polar surface area (TPSA) is 40.5 Å². The first-order valence-electron chi connectivity index (χ1n) is 6.19. The first kappa shape index (κ1) is 13.5. The van der Waals surface area contributed by atoms with Crippen LogP contribution >= 0.6 is 0 Å². The third-order valence-electron chi connectivity index (χ3n) is 3.55. The molecule has 0 bridgehead atoms. The monoisotopic (exact) mass is 261 g/mol. The van der Waals surface area contributed by atoms with Crippen LogP contribution < -0.4 is 9.47 Å². The number of benzene rings is 1. The Morgan fingerprint density at radius 3 is 2.32 bits per heavy atom.